The largest absolute Gasteiger partial charge is 0.462 e. The summed E-state index contributed by atoms with van der Waals surface area (Å²) in [7, 11) is 5.23. The van der Waals surface area contributed by atoms with Crippen molar-refractivity contribution < 1.29 is 34.0 Å². The molecule has 34 heavy (non-hydrogen) atoms. The molecule has 192 valence electrons. The lowest BCUT2D eigenvalue weighted by Crippen LogP contribution is -2.76. The van der Waals surface area contributed by atoms with Crippen LogP contribution in [0.15, 0.2) is 0 Å². The van der Waals surface area contributed by atoms with Crippen molar-refractivity contribution >= 4 is 5.97 Å². The Bertz CT molecular complexity index is 855. The van der Waals surface area contributed by atoms with Gasteiger partial charge in [-0.3, -0.25) is 9.69 Å². The van der Waals surface area contributed by atoms with Crippen LogP contribution in [0.1, 0.15) is 39.5 Å². The standard InChI is InChI=1S/C26H41NO7/c1-6-27-11-24(12-31-3)8-7-17(29)26-15-9-14-16(32-4)10-25(30,18(15)20(14)34-13(2)28)19(23(26)27)21(33-5)22(24)26/h14-23,29-30H,6-12H2,1-5H3/t14-,15-,16+,17+,18-,19+,20+,21+,22-,23?,24+,25-,26+/m1/s1. The smallest absolute Gasteiger partial charge is 0.302 e. The van der Waals surface area contributed by atoms with Crippen molar-refractivity contribution in [1.82, 2.24) is 4.90 Å². The number of hydrogen-bond acceptors (Lipinski definition) is 8. The van der Waals surface area contributed by atoms with Crippen LogP contribution < -0.4 is 0 Å². The first-order chi connectivity index (χ1) is 16.2. The quantitative estimate of drug-likeness (QED) is 0.546. The number of carbonyl (C=O) groups excluding carboxylic acids is 1. The third kappa shape index (κ3) is 2.48. The maximum absolute atomic E-state index is 12.7. The predicted molar refractivity (Wildman–Crippen MR) is 122 cm³/mol. The lowest BCUT2D eigenvalue weighted by atomic mass is 9.43. The van der Waals surface area contributed by atoms with Crippen LogP contribution in [-0.2, 0) is 23.7 Å². The van der Waals surface area contributed by atoms with E-state index in [4.69, 9.17) is 18.9 Å². The van der Waals surface area contributed by atoms with E-state index in [1.807, 2.05) is 0 Å². The summed E-state index contributed by atoms with van der Waals surface area (Å²) in [4.78, 5) is 14.7. The Hall–Kier alpha value is -0.770. The molecule has 5 aliphatic carbocycles. The minimum atomic E-state index is -1.09. The second-order valence-corrected chi connectivity index (χ2v) is 12.1. The number of ether oxygens (including phenoxy) is 4. The molecule has 6 rings (SSSR count). The third-order valence-electron chi connectivity index (χ3n) is 11.4. The van der Waals surface area contributed by atoms with Gasteiger partial charge in [-0.15, -0.1) is 0 Å². The number of rotatable bonds is 6. The number of aliphatic hydroxyl groups excluding tert-OH is 1. The Kier molecular flexibility index (Phi) is 5.29. The zero-order valence-electron chi connectivity index (χ0n) is 21.1. The summed E-state index contributed by atoms with van der Waals surface area (Å²) >= 11 is 0. The van der Waals surface area contributed by atoms with Gasteiger partial charge in [0.15, 0.2) is 0 Å². The minimum Gasteiger partial charge on any atom is -0.462 e. The van der Waals surface area contributed by atoms with E-state index in [1.165, 1.54) is 6.92 Å². The third-order valence-corrected chi connectivity index (χ3v) is 11.4. The topological polar surface area (TPSA) is 97.7 Å². The molecule has 0 radical (unpaired) electrons. The summed E-state index contributed by atoms with van der Waals surface area (Å²) < 4.78 is 24.1. The van der Waals surface area contributed by atoms with Gasteiger partial charge in [-0.25, -0.2) is 0 Å². The van der Waals surface area contributed by atoms with E-state index in [2.05, 4.69) is 11.8 Å². The van der Waals surface area contributed by atoms with Crippen LogP contribution in [0, 0.1) is 40.4 Å². The molecule has 7 bridgehead atoms. The zero-order valence-corrected chi connectivity index (χ0v) is 21.1. The molecule has 1 spiro atoms. The highest BCUT2D eigenvalue weighted by molar-refractivity contribution is 5.66. The van der Waals surface area contributed by atoms with Crippen molar-refractivity contribution in [1.29, 1.82) is 0 Å². The second kappa shape index (κ2) is 7.62. The molecular formula is C26H41NO7. The van der Waals surface area contributed by atoms with Gasteiger partial charge in [0.25, 0.3) is 0 Å². The molecule has 6 fully saturated rings. The van der Waals surface area contributed by atoms with E-state index < -0.39 is 23.2 Å². The Morgan fingerprint density at radius 3 is 2.53 bits per heavy atom. The van der Waals surface area contributed by atoms with E-state index in [0.717, 1.165) is 32.4 Å². The maximum atomic E-state index is 12.7. The van der Waals surface area contributed by atoms with E-state index in [1.54, 1.807) is 21.3 Å². The van der Waals surface area contributed by atoms with Gasteiger partial charge < -0.3 is 29.2 Å². The fourth-order valence-electron chi connectivity index (χ4n) is 11.0. The Labute approximate surface area is 202 Å². The van der Waals surface area contributed by atoms with Gasteiger partial charge in [-0.1, -0.05) is 6.92 Å². The monoisotopic (exact) mass is 479 g/mol. The molecule has 1 unspecified atom stereocenters. The number of piperidine rings is 1. The van der Waals surface area contributed by atoms with E-state index in [9.17, 15) is 15.0 Å². The van der Waals surface area contributed by atoms with Crippen LogP contribution in [0.4, 0.5) is 0 Å². The van der Waals surface area contributed by atoms with E-state index in [-0.39, 0.29) is 59.2 Å². The summed E-state index contributed by atoms with van der Waals surface area (Å²) in [5.74, 6) is -0.586. The molecule has 0 aromatic carbocycles. The van der Waals surface area contributed by atoms with Crippen LogP contribution in [0.5, 0.6) is 0 Å². The Balaban J connectivity index is 1.61. The number of fused-ring (bicyclic) bond motifs is 2. The van der Waals surface area contributed by atoms with Crippen LogP contribution in [-0.4, -0.2) is 98.2 Å². The maximum Gasteiger partial charge on any atom is 0.302 e. The molecule has 0 amide bonds. The van der Waals surface area contributed by atoms with Crippen LogP contribution in [0.3, 0.4) is 0 Å². The Morgan fingerprint density at radius 1 is 1.15 bits per heavy atom. The van der Waals surface area contributed by atoms with Crippen LogP contribution in [0.2, 0.25) is 0 Å². The van der Waals surface area contributed by atoms with E-state index >= 15 is 0 Å². The van der Waals surface area contributed by atoms with E-state index in [0.29, 0.717) is 13.0 Å². The molecule has 13 atom stereocenters. The second-order valence-electron chi connectivity index (χ2n) is 12.1. The SMILES string of the molecule is CCN1C[C@]2(COC)CC[C@H](O)[C@]34C1[C@H]([C@H](OC)[C@H]23)[C@@]1(O)C[C@H](OC)[C@H]2C[C@@H]4[C@@H]1[C@H]2OC(C)=O. The molecule has 8 nitrogen and oxygen atoms in total. The zero-order chi connectivity index (χ0) is 24.2. The number of carbonyl (C=O) groups is 1. The van der Waals surface area contributed by atoms with Gasteiger partial charge in [0, 0.05) is 81.8 Å². The van der Waals surface area contributed by atoms with Gasteiger partial charge in [0.05, 0.1) is 30.5 Å². The first kappa shape index (κ1) is 23.6. The first-order valence-electron chi connectivity index (χ1n) is 13.1. The van der Waals surface area contributed by atoms with Gasteiger partial charge >= 0.3 is 5.97 Å². The Morgan fingerprint density at radius 2 is 1.91 bits per heavy atom. The molecule has 8 heteroatoms. The lowest BCUT2D eigenvalue weighted by Gasteiger charge is -2.68. The molecule has 1 saturated heterocycles. The van der Waals surface area contributed by atoms with Crippen molar-refractivity contribution in [2.24, 2.45) is 40.4 Å². The number of esters is 1. The average molecular weight is 480 g/mol. The van der Waals surface area contributed by atoms with Crippen molar-refractivity contribution in [3.05, 3.63) is 0 Å². The van der Waals surface area contributed by atoms with Gasteiger partial charge in [-0.05, 0) is 31.7 Å². The minimum absolute atomic E-state index is 0.0197. The van der Waals surface area contributed by atoms with Gasteiger partial charge in [0.1, 0.15) is 6.10 Å². The number of nitrogens with zero attached hydrogens (tertiary/aromatic N) is 1. The molecule has 0 aromatic rings. The average Bonchev–Trinajstić information content (AvgIpc) is 3.23. The molecule has 1 heterocycles. The fourth-order valence-corrected chi connectivity index (χ4v) is 11.0. The van der Waals surface area contributed by atoms with Crippen LogP contribution in [0.25, 0.3) is 0 Å². The molecule has 1 aliphatic heterocycles. The molecule has 2 N–H and O–H groups in total. The molecule has 5 saturated carbocycles. The number of likely N-dealkylation sites (tertiary alicyclic amines) is 1. The number of aliphatic hydroxyl groups is 2. The molecular weight excluding hydrogens is 438 g/mol. The summed E-state index contributed by atoms with van der Waals surface area (Å²) in [6, 6.07) is 0.0197. The predicted octanol–water partition coefficient (Wildman–Crippen LogP) is 1.07. The van der Waals surface area contributed by atoms with Crippen molar-refractivity contribution in [2.75, 3.05) is 41.0 Å². The molecule has 0 aromatic heterocycles. The summed E-state index contributed by atoms with van der Waals surface area (Å²) in [6.45, 7) is 6.00. The normalized spacial score (nSPS) is 57.0. The summed E-state index contributed by atoms with van der Waals surface area (Å²) in [5, 5.41) is 24.7. The highest BCUT2D eigenvalue weighted by Gasteiger charge is 2.86. The first-order valence-corrected chi connectivity index (χ1v) is 13.1. The summed E-state index contributed by atoms with van der Waals surface area (Å²) in [6.07, 6.45) is 1.64. The van der Waals surface area contributed by atoms with Crippen molar-refractivity contribution in [3.63, 3.8) is 0 Å². The number of methoxy groups -OCH3 is 3. The summed E-state index contributed by atoms with van der Waals surface area (Å²) in [5.41, 5.74) is -1.66. The van der Waals surface area contributed by atoms with Crippen molar-refractivity contribution in [2.45, 2.75) is 75.6 Å². The molecule has 6 aliphatic rings. The number of hydrogen-bond donors (Lipinski definition) is 2. The van der Waals surface area contributed by atoms with Gasteiger partial charge in [-0.2, -0.15) is 0 Å². The van der Waals surface area contributed by atoms with Gasteiger partial charge in [0.2, 0.25) is 0 Å². The highest BCUT2D eigenvalue weighted by atomic mass is 16.5. The lowest BCUT2D eigenvalue weighted by molar-refractivity contribution is -0.274. The van der Waals surface area contributed by atoms with Crippen molar-refractivity contribution in [3.8, 4) is 0 Å². The van der Waals surface area contributed by atoms with Crippen LogP contribution >= 0.6 is 0 Å². The highest BCUT2D eigenvalue weighted by Crippen LogP contribution is 2.79. The fraction of sp³-hybridized carbons (Fsp3) is 0.962.